The van der Waals surface area contributed by atoms with Crippen molar-refractivity contribution in [1.82, 2.24) is 4.98 Å². The highest BCUT2D eigenvalue weighted by Gasteiger charge is 2.35. The molecule has 0 amide bonds. The minimum atomic E-state index is -4.70. The summed E-state index contributed by atoms with van der Waals surface area (Å²) in [5.74, 6) is 0. The van der Waals surface area contributed by atoms with Gasteiger partial charge < -0.3 is 10.5 Å². The molecule has 1 atom stereocenters. The van der Waals surface area contributed by atoms with Crippen LogP contribution >= 0.6 is 11.6 Å². The first-order valence-corrected chi connectivity index (χ1v) is 12.9. The van der Waals surface area contributed by atoms with E-state index in [-0.39, 0.29) is 16.3 Å². The molecular weight excluding hydrogens is 515 g/mol. The number of alkyl halides is 4. The monoisotopic (exact) mass is 537 g/mol. The van der Waals surface area contributed by atoms with Crippen LogP contribution in [0.5, 0.6) is 0 Å². The number of hydrogen-bond acceptors (Lipinski definition) is 6. The Hall–Kier alpha value is -3.08. The minimum absolute atomic E-state index is 0.0845. The van der Waals surface area contributed by atoms with Crippen LogP contribution in [0, 0.1) is 5.41 Å². The molecule has 0 fully saturated rings. The lowest BCUT2D eigenvalue weighted by molar-refractivity contribution is -0.137. The number of nitrogens with one attached hydrogen (secondary N) is 1. The normalized spacial score (nSPS) is 13.9. The van der Waals surface area contributed by atoms with Gasteiger partial charge in [-0.1, -0.05) is 36.4 Å². The Kier molecular flexibility index (Phi) is 7.73. The topological polar surface area (TPSA) is 103 Å². The molecule has 0 aliphatic heterocycles. The standard InChI is InChI=1S/C25H23ClF3N3O3S/c1-24(2,33)23(30)21(26)22(32-20-14-31-12-11-19(20)25(27,28)29)16-9-7-15(8-10-16)17-5-4-6-18(13-17)36(3,34)35/h4-14,21,30,33H,1-3H3. The molecular formula is C25H23ClF3N3O3S. The second-order valence-corrected chi connectivity index (χ2v) is 11.1. The molecule has 1 unspecified atom stereocenters. The molecule has 0 saturated heterocycles. The Bertz CT molecular complexity index is 1410. The number of sulfone groups is 1. The third-order valence-electron chi connectivity index (χ3n) is 5.28. The van der Waals surface area contributed by atoms with Crippen molar-refractivity contribution in [2.75, 3.05) is 6.26 Å². The van der Waals surface area contributed by atoms with E-state index in [9.17, 15) is 26.7 Å². The van der Waals surface area contributed by atoms with E-state index in [1.807, 2.05) is 0 Å². The third-order valence-corrected chi connectivity index (χ3v) is 6.81. The molecule has 2 N–H and O–H groups in total. The summed E-state index contributed by atoms with van der Waals surface area (Å²) in [5, 5.41) is 17.2. The molecule has 190 valence electrons. The van der Waals surface area contributed by atoms with E-state index < -0.39 is 38.2 Å². The van der Waals surface area contributed by atoms with Crippen LogP contribution < -0.4 is 0 Å². The molecule has 1 aromatic heterocycles. The van der Waals surface area contributed by atoms with E-state index in [2.05, 4.69) is 9.98 Å². The average molecular weight is 538 g/mol. The molecule has 3 aromatic rings. The van der Waals surface area contributed by atoms with E-state index in [0.29, 0.717) is 16.7 Å². The summed E-state index contributed by atoms with van der Waals surface area (Å²) in [6, 6.07) is 13.5. The molecule has 2 aromatic carbocycles. The third kappa shape index (κ3) is 6.37. The molecule has 0 spiro atoms. The van der Waals surface area contributed by atoms with E-state index in [1.54, 1.807) is 36.4 Å². The van der Waals surface area contributed by atoms with E-state index >= 15 is 0 Å². The molecule has 0 aliphatic rings. The van der Waals surface area contributed by atoms with Gasteiger partial charge in [-0.3, -0.25) is 4.98 Å². The first-order valence-electron chi connectivity index (χ1n) is 10.5. The highest BCUT2D eigenvalue weighted by Crippen LogP contribution is 2.36. The first kappa shape index (κ1) is 27.5. The van der Waals surface area contributed by atoms with Crippen molar-refractivity contribution >= 4 is 38.5 Å². The fourth-order valence-electron chi connectivity index (χ4n) is 3.30. The maximum Gasteiger partial charge on any atom is 0.418 e. The van der Waals surface area contributed by atoms with Crippen LogP contribution in [0.15, 0.2) is 76.9 Å². The summed E-state index contributed by atoms with van der Waals surface area (Å²) in [7, 11) is -3.42. The van der Waals surface area contributed by atoms with Gasteiger partial charge in [0.05, 0.1) is 39.4 Å². The number of pyridine rings is 1. The van der Waals surface area contributed by atoms with E-state index in [1.165, 1.54) is 26.0 Å². The van der Waals surface area contributed by atoms with E-state index in [0.717, 1.165) is 24.7 Å². The molecule has 0 radical (unpaired) electrons. The van der Waals surface area contributed by atoms with Crippen molar-refractivity contribution in [1.29, 1.82) is 5.41 Å². The van der Waals surface area contributed by atoms with Crippen LogP contribution in [-0.2, 0) is 16.0 Å². The van der Waals surface area contributed by atoms with Gasteiger partial charge in [0.1, 0.15) is 5.38 Å². The van der Waals surface area contributed by atoms with Gasteiger partial charge in [0.15, 0.2) is 9.84 Å². The van der Waals surface area contributed by atoms with Crippen LogP contribution in [0.4, 0.5) is 18.9 Å². The van der Waals surface area contributed by atoms with Crippen molar-refractivity contribution in [3.8, 4) is 11.1 Å². The average Bonchev–Trinajstić information content (AvgIpc) is 2.80. The fraction of sp³-hybridized carbons (Fsp3) is 0.240. The zero-order chi connectivity index (χ0) is 26.9. The van der Waals surface area contributed by atoms with Crippen molar-refractivity contribution < 1.29 is 26.7 Å². The summed E-state index contributed by atoms with van der Waals surface area (Å²) in [5.41, 5.74) is -2.04. The minimum Gasteiger partial charge on any atom is -0.384 e. The van der Waals surface area contributed by atoms with Gasteiger partial charge >= 0.3 is 6.18 Å². The maximum absolute atomic E-state index is 13.6. The smallest absolute Gasteiger partial charge is 0.384 e. The van der Waals surface area contributed by atoms with Gasteiger partial charge in [0.25, 0.3) is 0 Å². The number of rotatable bonds is 7. The van der Waals surface area contributed by atoms with Crippen molar-refractivity contribution in [2.45, 2.75) is 35.9 Å². The second-order valence-electron chi connectivity index (χ2n) is 8.60. The van der Waals surface area contributed by atoms with Gasteiger partial charge in [-0.05, 0) is 48.7 Å². The lowest BCUT2D eigenvalue weighted by Gasteiger charge is -2.24. The van der Waals surface area contributed by atoms with Gasteiger partial charge in [-0.15, -0.1) is 11.6 Å². The Morgan fingerprint density at radius 2 is 1.72 bits per heavy atom. The van der Waals surface area contributed by atoms with Gasteiger partial charge in [-0.2, -0.15) is 13.2 Å². The predicted octanol–water partition coefficient (Wildman–Crippen LogP) is 5.69. The van der Waals surface area contributed by atoms with Crippen LogP contribution in [0.25, 0.3) is 11.1 Å². The predicted molar refractivity (Wildman–Crippen MR) is 134 cm³/mol. The largest absolute Gasteiger partial charge is 0.418 e. The highest BCUT2D eigenvalue weighted by molar-refractivity contribution is 7.90. The summed E-state index contributed by atoms with van der Waals surface area (Å²) in [6.45, 7) is 2.68. The summed E-state index contributed by atoms with van der Waals surface area (Å²) < 4.78 is 64.4. The summed E-state index contributed by atoms with van der Waals surface area (Å²) in [6.07, 6.45) is -1.65. The van der Waals surface area contributed by atoms with Crippen LogP contribution in [0.2, 0.25) is 0 Å². The maximum atomic E-state index is 13.6. The molecule has 3 rings (SSSR count). The van der Waals surface area contributed by atoms with Crippen molar-refractivity contribution in [3.05, 3.63) is 78.1 Å². The molecule has 0 aliphatic carbocycles. The quantitative estimate of drug-likeness (QED) is 0.298. The number of aliphatic imine (C=N–C) groups is 1. The lowest BCUT2D eigenvalue weighted by Crippen LogP contribution is -2.40. The Morgan fingerprint density at radius 3 is 2.28 bits per heavy atom. The second kappa shape index (κ2) is 10.1. The molecule has 36 heavy (non-hydrogen) atoms. The van der Waals surface area contributed by atoms with Gasteiger partial charge in [0.2, 0.25) is 0 Å². The number of nitrogens with zero attached hydrogens (tertiary/aromatic N) is 2. The number of benzene rings is 2. The van der Waals surface area contributed by atoms with E-state index in [4.69, 9.17) is 17.0 Å². The van der Waals surface area contributed by atoms with Gasteiger partial charge in [0, 0.05) is 12.5 Å². The molecule has 6 nitrogen and oxygen atoms in total. The number of aliphatic hydroxyl groups is 1. The number of hydrogen-bond donors (Lipinski definition) is 2. The molecule has 0 saturated carbocycles. The SMILES string of the molecule is CC(C)(O)C(=N)C(Cl)C(=Nc1cnccc1C(F)(F)F)c1ccc(-c2cccc(S(C)(=O)=O)c2)cc1. The van der Waals surface area contributed by atoms with Gasteiger partial charge in [-0.25, -0.2) is 13.4 Å². The Morgan fingerprint density at radius 1 is 1.08 bits per heavy atom. The zero-order valence-electron chi connectivity index (χ0n) is 19.5. The first-order chi connectivity index (χ1) is 16.6. The van der Waals surface area contributed by atoms with Crippen LogP contribution in [-0.4, -0.2) is 47.2 Å². The van der Waals surface area contributed by atoms with Crippen LogP contribution in [0.3, 0.4) is 0 Å². The van der Waals surface area contributed by atoms with Crippen LogP contribution in [0.1, 0.15) is 25.0 Å². The summed E-state index contributed by atoms with van der Waals surface area (Å²) in [4.78, 5) is 8.03. The lowest BCUT2D eigenvalue weighted by atomic mass is 9.93. The zero-order valence-corrected chi connectivity index (χ0v) is 21.1. The highest BCUT2D eigenvalue weighted by atomic mass is 35.5. The molecule has 0 bridgehead atoms. The van der Waals surface area contributed by atoms with Crippen molar-refractivity contribution in [2.24, 2.45) is 4.99 Å². The fourth-order valence-corrected chi connectivity index (χ4v) is 4.41. The summed E-state index contributed by atoms with van der Waals surface area (Å²) >= 11 is 6.48. The Labute approximate surface area is 211 Å². The Balaban J connectivity index is 2.13. The van der Waals surface area contributed by atoms with Crippen molar-refractivity contribution in [3.63, 3.8) is 0 Å². The molecule has 11 heteroatoms. The number of aromatic nitrogens is 1. The molecule has 1 heterocycles. The number of halogens is 4.